The third kappa shape index (κ3) is 5.34. The zero-order valence-corrected chi connectivity index (χ0v) is 16.8. The number of amides is 2. The Hall–Kier alpha value is -1.88. The van der Waals surface area contributed by atoms with E-state index in [-0.39, 0.29) is 11.9 Å². The van der Waals surface area contributed by atoms with Crippen LogP contribution < -0.4 is 5.32 Å². The van der Waals surface area contributed by atoms with Crippen LogP contribution in [0.4, 0.5) is 0 Å². The van der Waals surface area contributed by atoms with E-state index in [4.69, 9.17) is 0 Å². The van der Waals surface area contributed by atoms with E-state index in [1.807, 2.05) is 11.0 Å². The largest absolute Gasteiger partial charge is 0.352 e. The van der Waals surface area contributed by atoms with Gasteiger partial charge in [-0.2, -0.15) is 0 Å². The Balaban J connectivity index is 1.11. The lowest BCUT2D eigenvalue weighted by Gasteiger charge is -2.32. The van der Waals surface area contributed by atoms with Crippen molar-refractivity contribution < 1.29 is 9.59 Å². The van der Waals surface area contributed by atoms with Gasteiger partial charge in [0.15, 0.2) is 0 Å². The molecule has 28 heavy (non-hydrogen) atoms. The minimum atomic E-state index is 0.197. The molecule has 1 N–H and O–H groups in total. The molecular formula is C23H33N3O2. The van der Waals surface area contributed by atoms with Crippen molar-refractivity contribution in [1.82, 2.24) is 15.1 Å². The lowest BCUT2D eigenvalue weighted by atomic mass is 9.92. The molecule has 3 fully saturated rings. The molecule has 0 unspecified atom stereocenters. The predicted molar refractivity (Wildman–Crippen MR) is 110 cm³/mol. The molecule has 3 aliphatic rings. The molecule has 2 amide bonds. The fraction of sp³-hybridized carbons (Fsp3) is 0.652. The number of hydrogen-bond donors (Lipinski definition) is 1. The zero-order valence-electron chi connectivity index (χ0n) is 16.8. The van der Waals surface area contributed by atoms with Crippen LogP contribution in [0.1, 0.15) is 50.5 Å². The first-order valence-electron chi connectivity index (χ1n) is 11.0. The number of piperidine rings is 1. The molecule has 1 atom stereocenters. The summed E-state index contributed by atoms with van der Waals surface area (Å²) in [6, 6.07) is 10.8. The first kappa shape index (κ1) is 19.4. The van der Waals surface area contributed by atoms with Crippen molar-refractivity contribution in [3.05, 3.63) is 35.9 Å². The van der Waals surface area contributed by atoms with Gasteiger partial charge in [0.2, 0.25) is 11.8 Å². The first-order valence-corrected chi connectivity index (χ1v) is 11.0. The summed E-state index contributed by atoms with van der Waals surface area (Å²) in [5.41, 5.74) is 1.33. The summed E-state index contributed by atoms with van der Waals surface area (Å²) in [4.78, 5) is 29.0. The molecule has 1 aliphatic carbocycles. The summed E-state index contributed by atoms with van der Waals surface area (Å²) >= 11 is 0. The van der Waals surface area contributed by atoms with E-state index in [2.05, 4.69) is 34.5 Å². The monoisotopic (exact) mass is 383 g/mol. The molecule has 0 radical (unpaired) electrons. The number of carbonyl (C=O) groups excluding carboxylic acids is 2. The quantitative estimate of drug-likeness (QED) is 0.788. The van der Waals surface area contributed by atoms with Gasteiger partial charge < -0.3 is 10.2 Å². The van der Waals surface area contributed by atoms with Crippen LogP contribution in [0, 0.1) is 11.8 Å². The second kappa shape index (κ2) is 9.08. The van der Waals surface area contributed by atoms with Gasteiger partial charge in [0.25, 0.3) is 0 Å². The van der Waals surface area contributed by atoms with Crippen LogP contribution >= 0.6 is 0 Å². The Labute approximate surface area is 168 Å². The van der Waals surface area contributed by atoms with E-state index in [1.54, 1.807) is 0 Å². The maximum absolute atomic E-state index is 12.4. The van der Waals surface area contributed by atoms with E-state index < -0.39 is 0 Å². The number of benzene rings is 1. The second-order valence-corrected chi connectivity index (χ2v) is 8.86. The van der Waals surface area contributed by atoms with E-state index >= 15 is 0 Å². The molecule has 0 spiro atoms. The molecule has 2 heterocycles. The highest BCUT2D eigenvalue weighted by molar-refractivity contribution is 5.81. The lowest BCUT2D eigenvalue weighted by Crippen LogP contribution is -2.40. The number of hydrogen-bond acceptors (Lipinski definition) is 3. The standard InChI is InChI=1S/C23H33N3O2/c27-22(9-6-18-10-14-26(15-11-18)23(28)20-7-8-20)24-21-12-13-25(17-21)16-19-4-2-1-3-5-19/h1-5,18,20-21H,6-17H2,(H,24,27)/t21-/m1/s1. The number of carbonyl (C=O) groups is 2. The third-order valence-electron chi connectivity index (χ3n) is 6.52. The maximum atomic E-state index is 12.4. The van der Waals surface area contributed by atoms with Gasteiger partial charge in [0.05, 0.1) is 0 Å². The van der Waals surface area contributed by atoms with Crippen LogP contribution in [-0.4, -0.2) is 53.8 Å². The Morgan fingerprint density at radius 3 is 2.43 bits per heavy atom. The number of rotatable bonds is 7. The van der Waals surface area contributed by atoms with Crippen molar-refractivity contribution in [1.29, 1.82) is 0 Å². The van der Waals surface area contributed by atoms with Crippen LogP contribution in [0.2, 0.25) is 0 Å². The van der Waals surface area contributed by atoms with E-state index in [0.29, 0.717) is 24.2 Å². The van der Waals surface area contributed by atoms with Gasteiger partial charge in [-0.15, -0.1) is 0 Å². The molecule has 5 nitrogen and oxygen atoms in total. The highest BCUT2D eigenvalue weighted by Gasteiger charge is 2.35. The van der Waals surface area contributed by atoms with Gasteiger partial charge in [-0.1, -0.05) is 30.3 Å². The molecule has 1 aromatic carbocycles. The van der Waals surface area contributed by atoms with Crippen molar-refractivity contribution in [2.24, 2.45) is 11.8 Å². The summed E-state index contributed by atoms with van der Waals surface area (Å²) in [6.45, 7) is 4.73. The summed E-state index contributed by atoms with van der Waals surface area (Å²) in [5, 5.41) is 3.24. The Morgan fingerprint density at radius 1 is 0.964 bits per heavy atom. The van der Waals surface area contributed by atoms with Crippen molar-refractivity contribution in [3.8, 4) is 0 Å². The fourth-order valence-electron chi connectivity index (χ4n) is 4.60. The Bertz CT molecular complexity index is 666. The lowest BCUT2D eigenvalue weighted by molar-refractivity contribution is -0.134. The van der Waals surface area contributed by atoms with Gasteiger partial charge >= 0.3 is 0 Å². The minimum absolute atomic E-state index is 0.197. The van der Waals surface area contributed by atoms with Gasteiger partial charge in [0, 0.05) is 51.1 Å². The zero-order chi connectivity index (χ0) is 19.3. The first-order chi connectivity index (χ1) is 13.7. The van der Waals surface area contributed by atoms with Crippen LogP contribution in [-0.2, 0) is 16.1 Å². The summed E-state index contributed by atoms with van der Waals surface area (Å²) in [6.07, 6.45) is 6.90. The SMILES string of the molecule is O=C(CCC1CCN(C(=O)C2CC2)CC1)N[C@@H]1CCN(Cc2ccccc2)C1. The summed E-state index contributed by atoms with van der Waals surface area (Å²) in [5.74, 6) is 1.49. The maximum Gasteiger partial charge on any atom is 0.225 e. The minimum Gasteiger partial charge on any atom is -0.352 e. The predicted octanol–water partition coefficient (Wildman–Crippen LogP) is 2.81. The van der Waals surface area contributed by atoms with Crippen LogP contribution in [0.25, 0.3) is 0 Å². The third-order valence-corrected chi connectivity index (χ3v) is 6.52. The fourth-order valence-corrected chi connectivity index (χ4v) is 4.60. The van der Waals surface area contributed by atoms with E-state index in [0.717, 1.165) is 71.2 Å². The van der Waals surface area contributed by atoms with Crippen molar-refractivity contribution in [2.75, 3.05) is 26.2 Å². The molecule has 1 saturated carbocycles. The average Bonchev–Trinajstić information content (AvgIpc) is 3.48. The van der Waals surface area contributed by atoms with Gasteiger partial charge in [0.1, 0.15) is 0 Å². The van der Waals surface area contributed by atoms with Crippen LogP contribution in [0.3, 0.4) is 0 Å². The van der Waals surface area contributed by atoms with Crippen LogP contribution in [0.5, 0.6) is 0 Å². The molecule has 0 aromatic heterocycles. The number of nitrogens with one attached hydrogen (secondary N) is 1. The molecule has 1 aromatic rings. The number of nitrogens with zero attached hydrogens (tertiary/aromatic N) is 2. The Kier molecular flexibility index (Phi) is 6.30. The van der Waals surface area contributed by atoms with Gasteiger partial charge in [-0.3, -0.25) is 14.5 Å². The summed E-state index contributed by atoms with van der Waals surface area (Å²) in [7, 11) is 0. The molecule has 152 valence electrons. The van der Waals surface area contributed by atoms with Gasteiger partial charge in [-0.25, -0.2) is 0 Å². The summed E-state index contributed by atoms with van der Waals surface area (Å²) < 4.78 is 0. The molecule has 0 bridgehead atoms. The smallest absolute Gasteiger partial charge is 0.225 e. The molecule has 2 aliphatic heterocycles. The highest BCUT2D eigenvalue weighted by Crippen LogP contribution is 2.33. The van der Waals surface area contributed by atoms with Crippen molar-refractivity contribution in [2.45, 2.75) is 57.5 Å². The molecular weight excluding hydrogens is 350 g/mol. The molecule has 5 heteroatoms. The molecule has 4 rings (SSSR count). The van der Waals surface area contributed by atoms with E-state index in [1.165, 1.54) is 5.56 Å². The van der Waals surface area contributed by atoms with E-state index in [9.17, 15) is 9.59 Å². The topological polar surface area (TPSA) is 52.7 Å². The average molecular weight is 384 g/mol. The normalized spacial score (nSPS) is 23.7. The van der Waals surface area contributed by atoms with Crippen molar-refractivity contribution in [3.63, 3.8) is 0 Å². The Morgan fingerprint density at radius 2 is 1.71 bits per heavy atom. The second-order valence-electron chi connectivity index (χ2n) is 8.86. The highest BCUT2D eigenvalue weighted by atomic mass is 16.2. The van der Waals surface area contributed by atoms with Crippen molar-refractivity contribution >= 4 is 11.8 Å². The van der Waals surface area contributed by atoms with Gasteiger partial charge in [-0.05, 0) is 50.0 Å². The van der Waals surface area contributed by atoms with Crippen LogP contribution in [0.15, 0.2) is 30.3 Å². The number of likely N-dealkylation sites (tertiary alicyclic amines) is 2. The molecule has 2 saturated heterocycles.